The molecule has 0 aromatic heterocycles. The van der Waals surface area contributed by atoms with E-state index >= 15 is 0 Å². The second-order valence-electron chi connectivity index (χ2n) is 5.01. The molecule has 0 aliphatic carbocycles. The number of benzene rings is 2. The Bertz CT molecular complexity index is 783. The lowest BCUT2D eigenvalue weighted by atomic mass is 10.1. The van der Waals surface area contributed by atoms with E-state index in [1.54, 1.807) is 0 Å². The van der Waals surface area contributed by atoms with Gasteiger partial charge in [0.05, 0.1) is 4.92 Å². The zero-order chi connectivity index (χ0) is 17.4. The lowest BCUT2D eigenvalue weighted by Gasteiger charge is -2.08. The molecule has 0 unspecified atom stereocenters. The summed E-state index contributed by atoms with van der Waals surface area (Å²) in [5.41, 5.74) is 10.8. The second kappa shape index (κ2) is 8.30. The topological polar surface area (TPSA) is 121 Å². The van der Waals surface area contributed by atoms with Crippen molar-refractivity contribution >= 4 is 23.3 Å². The van der Waals surface area contributed by atoms with Crippen molar-refractivity contribution in [2.24, 2.45) is 5.11 Å². The minimum Gasteiger partial charge on any atom is -0.379 e. The number of carbonyl (C=O) groups is 1. The summed E-state index contributed by atoms with van der Waals surface area (Å²) in [6, 6.07) is 11.9. The Morgan fingerprint density at radius 1 is 1.21 bits per heavy atom. The molecule has 0 fully saturated rings. The average molecular weight is 325 g/mol. The molecule has 2 aromatic carbocycles. The summed E-state index contributed by atoms with van der Waals surface area (Å²) in [6.07, 6.45) is 1.93. The minimum absolute atomic E-state index is 0.138. The highest BCUT2D eigenvalue weighted by Crippen LogP contribution is 2.29. The number of carbonyl (C=O) groups excluding carboxylic acids is 1. The van der Waals surface area contributed by atoms with E-state index in [2.05, 4.69) is 15.3 Å². The third kappa shape index (κ3) is 4.56. The van der Waals surface area contributed by atoms with Crippen LogP contribution in [0.5, 0.6) is 0 Å². The van der Waals surface area contributed by atoms with Gasteiger partial charge in [0, 0.05) is 29.6 Å². The summed E-state index contributed by atoms with van der Waals surface area (Å²) in [7, 11) is 0. The summed E-state index contributed by atoms with van der Waals surface area (Å²) in [6.45, 7) is 0.509. The highest BCUT2D eigenvalue weighted by Gasteiger charge is 2.13. The van der Waals surface area contributed by atoms with Crippen LogP contribution in [0.2, 0.25) is 0 Å². The Labute approximate surface area is 137 Å². The lowest BCUT2D eigenvalue weighted by Crippen LogP contribution is -2.07. The first-order valence-corrected chi connectivity index (χ1v) is 7.23. The summed E-state index contributed by atoms with van der Waals surface area (Å²) in [5, 5.41) is 17.5. The van der Waals surface area contributed by atoms with Gasteiger partial charge >= 0.3 is 0 Å². The number of nitrogens with one attached hydrogen (secondary N) is 1. The third-order valence-corrected chi connectivity index (χ3v) is 3.41. The van der Waals surface area contributed by atoms with E-state index in [4.69, 9.17) is 5.53 Å². The summed E-state index contributed by atoms with van der Waals surface area (Å²) < 4.78 is 0. The number of hydrogen-bond donors (Lipinski definition) is 1. The molecule has 0 saturated heterocycles. The van der Waals surface area contributed by atoms with Gasteiger partial charge in [-0.3, -0.25) is 10.1 Å². The Hall–Kier alpha value is -3.38. The van der Waals surface area contributed by atoms with Gasteiger partial charge in [-0.25, -0.2) is 0 Å². The maximum Gasteiger partial charge on any atom is 0.292 e. The summed E-state index contributed by atoms with van der Waals surface area (Å²) in [4.78, 5) is 23.7. The van der Waals surface area contributed by atoms with Crippen molar-refractivity contribution in [3.8, 4) is 0 Å². The Kier molecular flexibility index (Phi) is 5.88. The van der Waals surface area contributed by atoms with Gasteiger partial charge in [0.25, 0.3) is 5.69 Å². The van der Waals surface area contributed by atoms with E-state index in [0.29, 0.717) is 25.1 Å². The molecule has 0 saturated carbocycles. The smallest absolute Gasteiger partial charge is 0.292 e. The van der Waals surface area contributed by atoms with E-state index in [0.717, 1.165) is 17.4 Å². The Morgan fingerprint density at radius 3 is 2.54 bits per heavy atom. The van der Waals surface area contributed by atoms with Crippen LogP contribution < -0.4 is 5.32 Å². The number of azide groups is 1. The molecule has 1 N–H and O–H groups in total. The van der Waals surface area contributed by atoms with Gasteiger partial charge in [0.15, 0.2) is 0 Å². The van der Waals surface area contributed by atoms with Crippen molar-refractivity contribution in [1.29, 1.82) is 0 Å². The fourth-order valence-electron chi connectivity index (χ4n) is 2.21. The van der Waals surface area contributed by atoms with Crippen molar-refractivity contribution in [3.63, 3.8) is 0 Å². The minimum atomic E-state index is -0.521. The lowest BCUT2D eigenvalue weighted by molar-refractivity contribution is -0.383. The molecule has 0 bridgehead atoms. The highest BCUT2D eigenvalue weighted by atomic mass is 16.6. The van der Waals surface area contributed by atoms with Crippen LogP contribution in [-0.2, 0) is 17.6 Å². The Balaban J connectivity index is 2.02. The van der Waals surface area contributed by atoms with Crippen molar-refractivity contribution in [3.05, 3.63) is 74.1 Å². The first-order valence-electron chi connectivity index (χ1n) is 7.23. The molecule has 2 aromatic rings. The van der Waals surface area contributed by atoms with Crippen LogP contribution in [0.25, 0.3) is 10.4 Å². The summed E-state index contributed by atoms with van der Waals surface area (Å²) in [5.74, 6) is 0. The SMILES string of the molecule is [N-]=[N+]=Nc1ccc(NCCc2ccc(CC=O)cc2)c([N+](=O)[O-])c1. The monoisotopic (exact) mass is 325 g/mol. The van der Waals surface area contributed by atoms with E-state index in [9.17, 15) is 14.9 Å². The molecule has 0 amide bonds. The van der Waals surface area contributed by atoms with Crippen molar-refractivity contribution in [2.45, 2.75) is 12.8 Å². The van der Waals surface area contributed by atoms with Gasteiger partial charge in [0.1, 0.15) is 12.0 Å². The van der Waals surface area contributed by atoms with Gasteiger partial charge < -0.3 is 10.1 Å². The first kappa shape index (κ1) is 17.0. The quantitative estimate of drug-likeness (QED) is 0.197. The van der Waals surface area contributed by atoms with E-state index < -0.39 is 4.92 Å². The van der Waals surface area contributed by atoms with Gasteiger partial charge in [-0.05, 0) is 29.1 Å². The average Bonchev–Trinajstić information content (AvgIpc) is 2.58. The molecule has 122 valence electrons. The van der Waals surface area contributed by atoms with Crippen molar-refractivity contribution < 1.29 is 9.72 Å². The number of hydrogen-bond acceptors (Lipinski definition) is 5. The molecule has 0 aliphatic rings. The van der Waals surface area contributed by atoms with Crippen molar-refractivity contribution in [1.82, 2.24) is 0 Å². The predicted molar refractivity (Wildman–Crippen MR) is 90.3 cm³/mol. The van der Waals surface area contributed by atoms with Gasteiger partial charge in [-0.2, -0.15) is 0 Å². The number of rotatable bonds is 8. The Morgan fingerprint density at radius 2 is 1.92 bits per heavy atom. The van der Waals surface area contributed by atoms with E-state index in [-0.39, 0.29) is 11.4 Å². The molecule has 8 nitrogen and oxygen atoms in total. The number of nitrogens with zero attached hydrogens (tertiary/aromatic N) is 4. The van der Waals surface area contributed by atoms with E-state index in [1.807, 2.05) is 24.3 Å². The zero-order valence-electron chi connectivity index (χ0n) is 12.8. The van der Waals surface area contributed by atoms with Gasteiger partial charge in [-0.15, -0.1) is 0 Å². The van der Waals surface area contributed by atoms with Crippen LogP contribution in [0.15, 0.2) is 47.6 Å². The van der Waals surface area contributed by atoms with Gasteiger partial charge in [-0.1, -0.05) is 35.4 Å². The van der Waals surface area contributed by atoms with Crippen LogP contribution in [0, 0.1) is 10.1 Å². The predicted octanol–water partition coefficient (Wildman–Crippen LogP) is 3.93. The first-order chi connectivity index (χ1) is 11.6. The molecular weight excluding hydrogens is 310 g/mol. The van der Waals surface area contributed by atoms with Crippen molar-refractivity contribution in [2.75, 3.05) is 11.9 Å². The molecule has 2 rings (SSSR count). The molecule has 24 heavy (non-hydrogen) atoms. The molecular formula is C16H15N5O3. The normalized spacial score (nSPS) is 9.83. The molecule has 0 heterocycles. The highest BCUT2D eigenvalue weighted by molar-refractivity contribution is 5.66. The van der Waals surface area contributed by atoms with Crippen LogP contribution in [0.1, 0.15) is 11.1 Å². The molecule has 8 heteroatoms. The van der Waals surface area contributed by atoms with E-state index in [1.165, 1.54) is 18.2 Å². The molecule has 0 spiro atoms. The maximum atomic E-state index is 11.1. The molecule has 0 atom stereocenters. The zero-order valence-corrected chi connectivity index (χ0v) is 12.8. The van der Waals surface area contributed by atoms with Gasteiger partial charge in [0.2, 0.25) is 0 Å². The molecule has 0 radical (unpaired) electrons. The standard InChI is InChI=1S/C16H15N5O3/c17-20-19-14-5-6-15(16(11-14)21(23)24)18-9-7-12-1-3-13(4-2-12)8-10-22/h1-6,10-11,18H,7-9H2. The van der Waals surface area contributed by atoms with Crippen LogP contribution >= 0.6 is 0 Å². The second-order valence-corrected chi connectivity index (χ2v) is 5.01. The number of anilines is 1. The maximum absolute atomic E-state index is 11.1. The van der Waals surface area contributed by atoms with Crippen LogP contribution in [0.4, 0.5) is 17.1 Å². The largest absolute Gasteiger partial charge is 0.379 e. The van der Waals surface area contributed by atoms with Crippen LogP contribution in [-0.4, -0.2) is 17.8 Å². The molecule has 0 aliphatic heterocycles. The number of nitro benzene ring substituents is 1. The number of aldehydes is 1. The fourth-order valence-corrected chi connectivity index (χ4v) is 2.21. The number of nitro groups is 1. The summed E-state index contributed by atoms with van der Waals surface area (Å²) >= 11 is 0. The fraction of sp³-hybridized carbons (Fsp3) is 0.188. The third-order valence-electron chi connectivity index (χ3n) is 3.41. The van der Waals surface area contributed by atoms with Crippen LogP contribution in [0.3, 0.4) is 0 Å².